The molecule has 96 valence electrons. The van der Waals surface area contributed by atoms with Crippen molar-refractivity contribution >= 4 is 6.09 Å². The van der Waals surface area contributed by atoms with Gasteiger partial charge < -0.3 is 14.8 Å². The summed E-state index contributed by atoms with van der Waals surface area (Å²) in [5, 5.41) is 2.71. The minimum atomic E-state index is -0.398. The van der Waals surface area contributed by atoms with Crippen LogP contribution in [-0.4, -0.2) is 25.9 Å². The smallest absolute Gasteiger partial charge is 0.407 e. The number of rotatable bonds is 4. The summed E-state index contributed by atoms with van der Waals surface area (Å²) in [7, 11) is 0. The molecule has 0 bridgehead atoms. The Balaban J connectivity index is 1.67. The zero-order chi connectivity index (χ0) is 12.6. The normalized spacial score (nSPS) is 14.8. The van der Waals surface area contributed by atoms with Gasteiger partial charge in [-0.15, -0.1) is 0 Å². The van der Waals surface area contributed by atoms with Gasteiger partial charge in [0.15, 0.2) is 0 Å². The van der Waals surface area contributed by atoms with E-state index in [1.807, 2.05) is 30.3 Å². The Morgan fingerprint density at radius 1 is 1.33 bits per heavy atom. The minimum absolute atomic E-state index is 0.294. The van der Waals surface area contributed by atoms with Gasteiger partial charge in [0.2, 0.25) is 0 Å². The van der Waals surface area contributed by atoms with E-state index in [-0.39, 0.29) is 0 Å². The molecule has 0 aliphatic carbocycles. The molecule has 1 aromatic rings. The Morgan fingerprint density at radius 2 is 2.17 bits per heavy atom. The molecule has 1 aliphatic heterocycles. The fourth-order valence-corrected chi connectivity index (χ4v) is 1.69. The van der Waals surface area contributed by atoms with Crippen molar-refractivity contribution in [3.05, 3.63) is 47.5 Å². The van der Waals surface area contributed by atoms with E-state index in [4.69, 9.17) is 9.47 Å². The van der Waals surface area contributed by atoms with Crippen molar-refractivity contribution < 1.29 is 14.3 Å². The summed E-state index contributed by atoms with van der Waals surface area (Å²) in [6, 6.07) is 9.61. The van der Waals surface area contributed by atoms with Crippen LogP contribution in [0, 0.1) is 0 Å². The number of amides is 1. The molecular weight excluding hydrogens is 230 g/mol. The topological polar surface area (TPSA) is 47.6 Å². The maximum absolute atomic E-state index is 11.5. The van der Waals surface area contributed by atoms with Crippen molar-refractivity contribution in [1.29, 1.82) is 0 Å². The van der Waals surface area contributed by atoms with Gasteiger partial charge in [-0.05, 0) is 17.6 Å². The van der Waals surface area contributed by atoms with Gasteiger partial charge in [0, 0.05) is 6.54 Å². The fraction of sp³-hybridized carbons (Fsp3) is 0.357. The average molecular weight is 247 g/mol. The van der Waals surface area contributed by atoms with Gasteiger partial charge in [0.05, 0.1) is 13.2 Å². The highest BCUT2D eigenvalue weighted by molar-refractivity contribution is 5.67. The first-order valence-electron chi connectivity index (χ1n) is 6.05. The number of alkyl carbamates (subject to hydrolysis) is 1. The summed E-state index contributed by atoms with van der Waals surface area (Å²) >= 11 is 0. The van der Waals surface area contributed by atoms with Gasteiger partial charge in [-0.2, -0.15) is 0 Å². The molecule has 4 heteroatoms. The van der Waals surface area contributed by atoms with Crippen LogP contribution in [0.25, 0.3) is 0 Å². The number of carbonyl (C=O) groups is 1. The molecule has 0 saturated carbocycles. The van der Waals surface area contributed by atoms with Crippen molar-refractivity contribution in [1.82, 2.24) is 5.32 Å². The number of nitrogens with one attached hydrogen (secondary N) is 1. The summed E-state index contributed by atoms with van der Waals surface area (Å²) in [6.45, 7) is 2.15. The lowest BCUT2D eigenvalue weighted by atomic mass is 10.2. The lowest BCUT2D eigenvalue weighted by Gasteiger charge is -2.14. The predicted octanol–water partition coefficient (Wildman–Crippen LogP) is 2.26. The molecular formula is C14H17NO3. The molecule has 1 aliphatic rings. The lowest BCUT2D eigenvalue weighted by Crippen LogP contribution is -2.28. The summed E-state index contributed by atoms with van der Waals surface area (Å²) in [6.07, 6.45) is 2.61. The zero-order valence-electron chi connectivity index (χ0n) is 10.2. The summed E-state index contributed by atoms with van der Waals surface area (Å²) < 4.78 is 10.4. The molecule has 1 aromatic carbocycles. The van der Waals surface area contributed by atoms with Gasteiger partial charge in [-0.1, -0.05) is 36.4 Å². The van der Waals surface area contributed by atoms with Crippen LogP contribution < -0.4 is 5.32 Å². The first-order chi connectivity index (χ1) is 8.84. The quantitative estimate of drug-likeness (QED) is 0.830. The molecule has 18 heavy (non-hydrogen) atoms. The fourth-order valence-electron chi connectivity index (χ4n) is 1.69. The van der Waals surface area contributed by atoms with E-state index in [1.54, 1.807) is 0 Å². The third-order valence-electron chi connectivity index (χ3n) is 2.66. The Kier molecular flexibility index (Phi) is 4.78. The van der Waals surface area contributed by atoms with Crippen LogP contribution in [0.5, 0.6) is 0 Å². The molecule has 1 amide bonds. The van der Waals surface area contributed by atoms with Gasteiger partial charge >= 0.3 is 6.09 Å². The van der Waals surface area contributed by atoms with E-state index in [1.165, 1.54) is 0 Å². The van der Waals surface area contributed by atoms with Gasteiger partial charge in [0.1, 0.15) is 6.61 Å². The van der Waals surface area contributed by atoms with E-state index >= 15 is 0 Å². The van der Waals surface area contributed by atoms with E-state index in [2.05, 4.69) is 11.4 Å². The molecule has 0 radical (unpaired) electrons. The van der Waals surface area contributed by atoms with Crippen LogP contribution in [0.3, 0.4) is 0 Å². The average Bonchev–Trinajstić information content (AvgIpc) is 2.45. The second-order valence-electron chi connectivity index (χ2n) is 4.12. The van der Waals surface area contributed by atoms with Gasteiger partial charge in [-0.3, -0.25) is 0 Å². The highest BCUT2D eigenvalue weighted by Crippen LogP contribution is 2.04. The van der Waals surface area contributed by atoms with Crippen LogP contribution in [0.4, 0.5) is 4.79 Å². The first-order valence-corrected chi connectivity index (χ1v) is 6.05. The Morgan fingerprint density at radius 3 is 2.89 bits per heavy atom. The summed E-state index contributed by atoms with van der Waals surface area (Å²) in [5.41, 5.74) is 2.07. The Bertz CT molecular complexity index is 414. The molecule has 0 fully saturated rings. The maximum Gasteiger partial charge on any atom is 0.407 e. The molecule has 1 heterocycles. The van der Waals surface area contributed by atoms with E-state index in [0.717, 1.165) is 24.2 Å². The van der Waals surface area contributed by atoms with Crippen LogP contribution in [-0.2, 0) is 16.1 Å². The number of hydrogen-bond acceptors (Lipinski definition) is 3. The van der Waals surface area contributed by atoms with Gasteiger partial charge in [-0.25, -0.2) is 4.79 Å². The molecule has 4 nitrogen and oxygen atoms in total. The highest BCUT2D eigenvalue weighted by Gasteiger charge is 2.06. The summed E-state index contributed by atoms with van der Waals surface area (Å²) in [5.74, 6) is 0. The maximum atomic E-state index is 11.5. The number of benzene rings is 1. The molecule has 2 rings (SSSR count). The SMILES string of the molecule is O=C(NCC1=CCCOC1)OCc1ccccc1. The van der Waals surface area contributed by atoms with Crippen LogP contribution in [0.15, 0.2) is 42.0 Å². The minimum Gasteiger partial charge on any atom is -0.445 e. The van der Waals surface area contributed by atoms with Crippen molar-refractivity contribution in [3.8, 4) is 0 Å². The Labute approximate surface area is 107 Å². The second kappa shape index (κ2) is 6.81. The van der Waals surface area contributed by atoms with Crippen molar-refractivity contribution in [3.63, 3.8) is 0 Å². The monoisotopic (exact) mass is 247 g/mol. The lowest BCUT2D eigenvalue weighted by molar-refractivity contribution is 0.135. The number of hydrogen-bond donors (Lipinski definition) is 1. The van der Waals surface area contributed by atoms with E-state index in [9.17, 15) is 4.79 Å². The highest BCUT2D eigenvalue weighted by atomic mass is 16.5. The van der Waals surface area contributed by atoms with Crippen LogP contribution >= 0.6 is 0 Å². The largest absolute Gasteiger partial charge is 0.445 e. The van der Waals surface area contributed by atoms with Gasteiger partial charge in [0.25, 0.3) is 0 Å². The molecule has 1 N–H and O–H groups in total. The molecule has 0 saturated heterocycles. The number of carbonyl (C=O) groups excluding carboxylic acids is 1. The van der Waals surface area contributed by atoms with Crippen molar-refractivity contribution in [2.24, 2.45) is 0 Å². The van der Waals surface area contributed by atoms with Crippen LogP contribution in [0.1, 0.15) is 12.0 Å². The third-order valence-corrected chi connectivity index (χ3v) is 2.66. The standard InChI is InChI=1S/C14H17NO3/c16-14(15-9-13-7-4-8-17-10-13)18-11-12-5-2-1-3-6-12/h1-3,5-7H,4,8-11H2,(H,15,16). The second-order valence-corrected chi connectivity index (χ2v) is 4.12. The van der Waals surface area contributed by atoms with E-state index < -0.39 is 6.09 Å². The Hall–Kier alpha value is -1.81. The summed E-state index contributed by atoms with van der Waals surface area (Å²) in [4.78, 5) is 11.5. The zero-order valence-corrected chi connectivity index (χ0v) is 10.2. The molecule has 0 atom stereocenters. The predicted molar refractivity (Wildman–Crippen MR) is 68.1 cm³/mol. The molecule has 0 unspecified atom stereocenters. The molecule has 0 spiro atoms. The van der Waals surface area contributed by atoms with Crippen molar-refractivity contribution in [2.75, 3.05) is 19.8 Å². The number of ether oxygens (including phenoxy) is 2. The van der Waals surface area contributed by atoms with Crippen LogP contribution in [0.2, 0.25) is 0 Å². The molecule has 0 aromatic heterocycles. The van der Waals surface area contributed by atoms with E-state index in [0.29, 0.717) is 19.8 Å². The third kappa shape index (κ3) is 4.22. The van der Waals surface area contributed by atoms with Crippen molar-refractivity contribution in [2.45, 2.75) is 13.0 Å². The first kappa shape index (κ1) is 12.6.